The molecule has 0 spiro atoms. The normalized spacial score (nSPS) is 30.4. The minimum absolute atomic E-state index is 0.102. The van der Waals surface area contributed by atoms with Crippen LogP contribution in [-0.2, 0) is 9.57 Å². The van der Waals surface area contributed by atoms with Crippen LogP contribution >= 0.6 is 0 Å². The van der Waals surface area contributed by atoms with E-state index < -0.39 is 0 Å². The summed E-state index contributed by atoms with van der Waals surface area (Å²) in [5, 5.41) is 0. The highest BCUT2D eigenvalue weighted by Gasteiger charge is 2.19. The lowest BCUT2D eigenvalue weighted by Gasteiger charge is -2.04. The van der Waals surface area contributed by atoms with Gasteiger partial charge in [-0.25, -0.2) is 0 Å². The van der Waals surface area contributed by atoms with Gasteiger partial charge in [-0.2, -0.15) is 0 Å². The molecule has 2 aliphatic heterocycles. The molecule has 0 aromatic carbocycles. The average molecular weight is 140 g/mol. The summed E-state index contributed by atoms with van der Waals surface area (Å²) in [5.74, 6) is 0. The van der Waals surface area contributed by atoms with Crippen LogP contribution in [0.4, 0.5) is 0 Å². The first-order chi connectivity index (χ1) is 4.97. The van der Waals surface area contributed by atoms with Crippen molar-refractivity contribution >= 4 is 6.21 Å². The maximum atomic E-state index is 5.23. The van der Waals surface area contributed by atoms with E-state index in [9.17, 15) is 0 Å². The molecule has 2 aliphatic rings. The summed E-state index contributed by atoms with van der Waals surface area (Å²) >= 11 is 0. The zero-order valence-electron chi connectivity index (χ0n) is 5.41. The number of hydroxylamine groups is 1. The Hall–Kier alpha value is -0.870. The second kappa shape index (κ2) is 2.40. The molecule has 1 N–H and O–H groups in total. The minimum atomic E-state index is -0.102. The van der Waals surface area contributed by atoms with Crippen LogP contribution in [0.15, 0.2) is 16.8 Å². The van der Waals surface area contributed by atoms with Crippen molar-refractivity contribution in [3.05, 3.63) is 11.8 Å². The van der Waals surface area contributed by atoms with Crippen molar-refractivity contribution in [1.82, 2.24) is 5.48 Å². The lowest BCUT2D eigenvalue weighted by atomic mass is 10.3. The van der Waals surface area contributed by atoms with Crippen LogP contribution in [0, 0.1) is 0 Å². The third-order valence-electron chi connectivity index (χ3n) is 1.45. The molecule has 0 amide bonds. The molecule has 0 bridgehead atoms. The molecule has 0 aromatic rings. The fraction of sp³-hybridized carbons (Fsp3) is 0.500. The van der Waals surface area contributed by atoms with Crippen LogP contribution in [-0.4, -0.2) is 25.7 Å². The van der Waals surface area contributed by atoms with Crippen LogP contribution in [0.5, 0.6) is 0 Å². The van der Waals surface area contributed by atoms with Crippen molar-refractivity contribution < 1.29 is 9.57 Å². The fourth-order valence-electron chi connectivity index (χ4n) is 0.945. The largest absolute Gasteiger partial charge is 0.347 e. The maximum Gasteiger partial charge on any atom is 0.174 e. The van der Waals surface area contributed by atoms with E-state index in [0.29, 0.717) is 13.2 Å². The fourth-order valence-corrected chi connectivity index (χ4v) is 0.945. The van der Waals surface area contributed by atoms with Gasteiger partial charge in [0.15, 0.2) is 6.23 Å². The van der Waals surface area contributed by atoms with Gasteiger partial charge in [-0.05, 0) is 0 Å². The van der Waals surface area contributed by atoms with E-state index in [1.807, 2.05) is 0 Å². The van der Waals surface area contributed by atoms with Crippen molar-refractivity contribution in [3.63, 3.8) is 0 Å². The quantitative estimate of drug-likeness (QED) is 0.550. The molecular weight excluding hydrogens is 132 g/mol. The van der Waals surface area contributed by atoms with E-state index in [-0.39, 0.29) is 6.23 Å². The first kappa shape index (κ1) is 5.88. The molecule has 2 heterocycles. The van der Waals surface area contributed by atoms with Crippen LogP contribution in [0.1, 0.15) is 0 Å². The van der Waals surface area contributed by atoms with E-state index in [2.05, 4.69) is 10.5 Å². The first-order valence-corrected chi connectivity index (χ1v) is 3.16. The zero-order chi connectivity index (χ0) is 6.81. The summed E-state index contributed by atoms with van der Waals surface area (Å²) in [5.41, 5.74) is 3.68. The topological polar surface area (TPSA) is 42.9 Å². The Morgan fingerprint density at radius 1 is 1.70 bits per heavy atom. The predicted molar refractivity (Wildman–Crippen MR) is 35.4 cm³/mol. The van der Waals surface area contributed by atoms with Gasteiger partial charge < -0.3 is 4.74 Å². The lowest BCUT2D eigenvalue weighted by molar-refractivity contribution is 0.0915. The van der Waals surface area contributed by atoms with Crippen molar-refractivity contribution in [2.24, 2.45) is 4.99 Å². The number of nitrogens with one attached hydrogen (secondary N) is 1. The Kier molecular flexibility index (Phi) is 1.41. The van der Waals surface area contributed by atoms with Gasteiger partial charge in [-0.15, -0.1) is 0 Å². The van der Waals surface area contributed by atoms with Crippen molar-refractivity contribution in [2.75, 3.05) is 13.2 Å². The van der Waals surface area contributed by atoms with Crippen LogP contribution < -0.4 is 5.48 Å². The standard InChI is InChI=1S/C6H8N2O2/c1-2-9-6(7-1)5-3-8-10-4-5/h1,3,6,8H,2,4H2. The van der Waals surface area contributed by atoms with Gasteiger partial charge in [0, 0.05) is 18.0 Å². The highest BCUT2D eigenvalue weighted by molar-refractivity contribution is 5.61. The van der Waals surface area contributed by atoms with E-state index >= 15 is 0 Å². The second-order valence-corrected chi connectivity index (χ2v) is 2.14. The third kappa shape index (κ3) is 0.913. The Balaban J connectivity index is 2.04. The summed E-state index contributed by atoms with van der Waals surface area (Å²) in [6.07, 6.45) is 3.45. The lowest BCUT2D eigenvalue weighted by Crippen LogP contribution is -2.09. The van der Waals surface area contributed by atoms with Gasteiger partial charge in [0.05, 0.1) is 6.61 Å². The van der Waals surface area contributed by atoms with Crippen LogP contribution in [0.2, 0.25) is 0 Å². The number of ether oxygens (including phenoxy) is 1. The van der Waals surface area contributed by atoms with Crippen molar-refractivity contribution in [2.45, 2.75) is 6.23 Å². The molecule has 0 fully saturated rings. The molecule has 0 aliphatic carbocycles. The molecular formula is C6H8N2O2. The Morgan fingerprint density at radius 3 is 3.30 bits per heavy atom. The highest BCUT2D eigenvalue weighted by Crippen LogP contribution is 2.13. The maximum absolute atomic E-state index is 5.23. The SMILES string of the molecule is C1=NC(C2=CNOC2)OC1. The molecule has 54 valence electrons. The molecule has 4 nitrogen and oxygen atoms in total. The van der Waals surface area contributed by atoms with Gasteiger partial charge in [-0.3, -0.25) is 15.3 Å². The van der Waals surface area contributed by atoms with E-state index in [0.717, 1.165) is 5.57 Å². The molecule has 1 unspecified atom stereocenters. The minimum Gasteiger partial charge on any atom is -0.347 e. The summed E-state index contributed by atoms with van der Waals surface area (Å²) in [6, 6.07) is 0. The summed E-state index contributed by atoms with van der Waals surface area (Å²) in [6.45, 7) is 1.18. The number of rotatable bonds is 1. The molecule has 0 saturated heterocycles. The molecule has 10 heavy (non-hydrogen) atoms. The number of hydrogen-bond donors (Lipinski definition) is 1. The summed E-state index contributed by atoms with van der Waals surface area (Å²) < 4.78 is 5.23. The zero-order valence-corrected chi connectivity index (χ0v) is 5.41. The smallest absolute Gasteiger partial charge is 0.174 e. The third-order valence-corrected chi connectivity index (χ3v) is 1.45. The Morgan fingerprint density at radius 2 is 2.70 bits per heavy atom. The van der Waals surface area contributed by atoms with Gasteiger partial charge in [0.2, 0.25) is 0 Å². The van der Waals surface area contributed by atoms with E-state index in [1.165, 1.54) is 0 Å². The first-order valence-electron chi connectivity index (χ1n) is 3.16. The molecule has 2 rings (SSSR count). The van der Waals surface area contributed by atoms with Gasteiger partial charge in [0.25, 0.3) is 0 Å². The van der Waals surface area contributed by atoms with Crippen molar-refractivity contribution in [1.29, 1.82) is 0 Å². The van der Waals surface area contributed by atoms with E-state index in [4.69, 9.17) is 9.57 Å². The Bertz CT molecular complexity index is 188. The van der Waals surface area contributed by atoms with Gasteiger partial charge >= 0.3 is 0 Å². The summed E-state index contributed by atoms with van der Waals surface area (Å²) in [4.78, 5) is 8.96. The molecule has 0 saturated carbocycles. The van der Waals surface area contributed by atoms with Gasteiger partial charge in [-0.1, -0.05) is 0 Å². The number of hydrogen-bond acceptors (Lipinski definition) is 4. The highest BCUT2D eigenvalue weighted by atomic mass is 16.6. The molecule has 1 atom stereocenters. The Labute approximate surface area is 58.5 Å². The van der Waals surface area contributed by atoms with E-state index in [1.54, 1.807) is 12.4 Å². The van der Waals surface area contributed by atoms with Gasteiger partial charge in [0.1, 0.15) is 6.61 Å². The second-order valence-electron chi connectivity index (χ2n) is 2.14. The number of aliphatic imine (C=N–C) groups is 1. The predicted octanol–water partition coefficient (Wildman–Crippen LogP) is -0.168. The van der Waals surface area contributed by atoms with Crippen LogP contribution in [0.3, 0.4) is 0 Å². The monoisotopic (exact) mass is 140 g/mol. The molecule has 0 radical (unpaired) electrons. The summed E-state index contributed by atoms with van der Waals surface area (Å²) in [7, 11) is 0. The average Bonchev–Trinajstić information content (AvgIpc) is 2.59. The molecule has 4 heteroatoms. The van der Waals surface area contributed by atoms with Crippen LogP contribution in [0.25, 0.3) is 0 Å². The molecule has 0 aromatic heterocycles. The van der Waals surface area contributed by atoms with Crippen molar-refractivity contribution in [3.8, 4) is 0 Å². The number of nitrogens with zero attached hydrogens (tertiary/aromatic N) is 1.